The van der Waals surface area contributed by atoms with E-state index in [-0.39, 0.29) is 16.8 Å². The molecule has 19 heavy (non-hydrogen) atoms. The normalized spacial score (nSPS) is 36.5. The van der Waals surface area contributed by atoms with E-state index in [0.717, 1.165) is 19.3 Å². The van der Waals surface area contributed by atoms with E-state index >= 15 is 0 Å². The van der Waals surface area contributed by atoms with Crippen LogP contribution in [0.25, 0.3) is 0 Å². The molecule has 0 aromatic heterocycles. The molecule has 1 saturated carbocycles. The molecule has 2 heteroatoms. The minimum absolute atomic E-state index is 0.0313. The predicted octanol–water partition coefficient (Wildman–Crippen LogP) is 3.48. The zero-order valence-electron chi connectivity index (χ0n) is 12.0. The maximum Gasteiger partial charge on any atom is 0.311 e. The number of hydrogen-bond acceptors (Lipinski definition) is 2. The Bertz CT molecular complexity index is 522. The van der Waals surface area contributed by atoms with E-state index in [1.54, 1.807) is 0 Å². The van der Waals surface area contributed by atoms with Gasteiger partial charge in [0.15, 0.2) is 0 Å². The first-order valence-electron chi connectivity index (χ1n) is 7.19. The number of methoxy groups -OCH3 is 1. The molecule has 0 saturated heterocycles. The quantitative estimate of drug-likeness (QED) is 0.721. The monoisotopic (exact) mass is 258 g/mol. The first-order valence-corrected chi connectivity index (χ1v) is 7.19. The van der Waals surface area contributed by atoms with E-state index < -0.39 is 0 Å². The van der Waals surface area contributed by atoms with Crippen LogP contribution in [0.5, 0.6) is 0 Å². The lowest BCUT2D eigenvalue weighted by molar-refractivity contribution is -0.159. The van der Waals surface area contributed by atoms with Crippen LogP contribution in [0.4, 0.5) is 0 Å². The third-order valence-corrected chi connectivity index (χ3v) is 5.64. The molecular formula is C17H22O2. The van der Waals surface area contributed by atoms with E-state index in [0.29, 0.717) is 5.92 Å². The van der Waals surface area contributed by atoms with Crippen LogP contribution in [-0.4, -0.2) is 13.1 Å². The number of hydrogen-bond donors (Lipinski definition) is 0. The van der Waals surface area contributed by atoms with Gasteiger partial charge in [0, 0.05) is 0 Å². The summed E-state index contributed by atoms with van der Waals surface area (Å²) in [5, 5.41) is 0. The van der Waals surface area contributed by atoms with Crippen molar-refractivity contribution in [3.05, 3.63) is 35.4 Å². The van der Waals surface area contributed by atoms with E-state index in [9.17, 15) is 4.79 Å². The van der Waals surface area contributed by atoms with E-state index in [1.807, 2.05) is 0 Å². The highest BCUT2D eigenvalue weighted by Crippen LogP contribution is 2.58. The van der Waals surface area contributed by atoms with Gasteiger partial charge in [-0.3, -0.25) is 4.79 Å². The summed E-state index contributed by atoms with van der Waals surface area (Å²) in [6.07, 6.45) is 4.25. The number of fused-ring (bicyclic) bond motifs is 3. The molecule has 0 bridgehead atoms. The van der Waals surface area contributed by atoms with Crippen molar-refractivity contribution in [3.8, 4) is 0 Å². The Kier molecular flexibility index (Phi) is 2.74. The van der Waals surface area contributed by atoms with Crippen molar-refractivity contribution in [2.75, 3.05) is 7.11 Å². The van der Waals surface area contributed by atoms with Crippen molar-refractivity contribution in [1.82, 2.24) is 0 Å². The summed E-state index contributed by atoms with van der Waals surface area (Å²) in [6, 6.07) is 8.69. The largest absolute Gasteiger partial charge is 0.469 e. The van der Waals surface area contributed by atoms with Crippen LogP contribution in [0.1, 0.15) is 44.2 Å². The van der Waals surface area contributed by atoms with Crippen LogP contribution in [0, 0.1) is 11.3 Å². The average molecular weight is 258 g/mol. The molecule has 2 aliphatic rings. The van der Waals surface area contributed by atoms with Gasteiger partial charge in [-0.2, -0.15) is 0 Å². The maximum atomic E-state index is 12.3. The molecule has 0 spiro atoms. The van der Waals surface area contributed by atoms with Crippen LogP contribution >= 0.6 is 0 Å². The van der Waals surface area contributed by atoms with Gasteiger partial charge in [-0.25, -0.2) is 0 Å². The number of benzene rings is 1. The molecule has 3 atom stereocenters. The molecule has 1 aromatic rings. The lowest BCUT2D eigenvalue weighted by Crippen LogP contribution is -2.48. The fourth-order valence-electron chi connectivity index (χ4n) is 4.60. The van der Waals surface area contributed by atoms with Gasteiger partial charge in [-0.15, -0.1) is 0 Å². The van der Waals surface area contributed by atoms with Crippen molar-refractivity contribution < 1.29 is 9.53 Å². The minimum atomic E-state index is -0.333. The lowest BCUT2D eigenvalue weighted by Gasteiger charge is -2.47. The summed E-state index contributed by atoms with van der Waals surface area (Å²) >= 11 is 0. The SMILES string of the molecule is COC(=O)[C@]1(C)CCC[C@@]2(C)c3ccccc3C[C@@H]12. The number of esters is 1. The fraction of sp³-hybridized carbons (Fsp3) is 0.588. The summed E-state index contributed by atoms with van der Waals surface area (Å²) in [5.41, 5.74) is 2.68. The average Bonchev–Trinajstić information content (AvgIpc) is 2.73. The minimum Gasteiger partial charge on any atom is -0.469 e. The zero-order chi connectivity index (χ0) is 13.7. The second-order valence-electron chi connectivity index (χ2n) is 6.59. The van der Waals surface area contributed by atoms with Crippen molar-refractivity contribution in [3.63, 3.8) is 0 Å². The highest BCUT2D eigenvalue weighted by molar-refractivity contribution is 5.77. The molecule has 0 amide bonds. The molecule has 0 unspecified atom stereocenters. The highest BCUT2D eigenvalue weighted by atomic mass is 16.5. The van der Waals surface area contributed by atoms with Gasteiger partial charge in [-0.05, 0) is 48.6 Å². The van der Waals surface area contributed by atoms with Crippen LogP contribution in [0.3, 0.4) is 0 Å². The summed E-state index contributed by atoms with van der Waals surface area (Å²) in [4.78, 5) is 12.3. The molecule has 102 valence electrons. The van der Waals surface area contributed by atoms with Crippen LogP contribution in [0.2, 0.25) is 0 Å². The number of carbonyl (C=O) groups is 1. The van der Waals surface area contributed by atoms with Crippen molar-refractivity contribution in [2.24, 2.45) is 11.3 Å². The third-order valence-electron chi connectivity index (χ3n) is 5.64. The van der Waals surface area contributed by atoms with Gasteiger partial charge < -0.3 is 4.74 Å². The van der Waals surface area contributed by atoms with Gasteiger partial charge in [-0.1, -0.05) is 37.6 Å². The van der Waals surface area contributed by atoms with Gasteiger partial charge in [0.05, 0.1) is 12.5 Å². The Morgan fingerprint density at radius 2 is 2.00 bits per heavy atom. The Morgan fingerprint density at radius 1 is 1.26 bits per heavy atom. The summed E-state index contributed by atoms with van der Waals surface area (Å²) in [5.74, 6) is 0.342. The topological polar surface area (TPSA) is 26.3 Å². The smallest absolute Gasteiger partial charge is 0.311 e. The zero-order valence-corrected chi connectivity index (χ0v) is 12.0. The van der Waals surface area contributed by atoms with Crippen LogP contribution in [-0.2, 0) is 21.4 Å². The fourth-order valence-corrected chi connectivity index (χ4v) is 4.60. The molecule has 1 fully saturated rings. The van der Waals surface area contributed by atoms with E-state index in [4.69, 9.17) is 4.74 Å². The van der Waals surface area contributed by atoms with Gasteiger partial charge in [0.1, 0.15) is 0 Å². The standard InChI is InChI=1S/C17H22O2/c1-16-9-6-10-17(2,15(18)19-3)14(16)11-12-7-4-5-8-13(12)16/h4-5,7-8,14H,6,9-11H2,1-3H3/t14-,16+,17-/m1/s1. The molecular weight excluding hydrogens is 236 g/mol. The van der Waals surface area contributed by atoms with Crippen molar-refractivity contribution in [2.45, 2.75) is 44.9 Å². The van der Waals surface area contributed by atoms with E-state index in [1.165, 1.54) is 24.7 Å². The molecule has 0 radical (unpaired) electrons. The maximum absolute atomic E-state index is 12.3. The molecule has 2 nitrogen and oxygen atoms in total. The second kappa shape index (κ2) is 4.09. The Balaban J connectivity index is 2.08. The van der Waals surface area contributed by atoms with Gasteiger partial charge in [0.25, 0.3) is 0 Å². The Labute approximate surface area is 115 Å². The molecule has 0 N–H and O–H groups in total. The van der Waals surface area contributed by atoms with Crippen molar-refractivity contribution in [1.29, 1.82) is 0 Å². The third kappa shape index (κ3) is 1.58. The van der Waals surface area contributed by atoms with Crippen LogP contribution in [0.15, 0.2) is 24.3 Å². The lowest BCUT2D eigenvalue weighted by atomic mass is 9.56. The van der Waals surface area contributed by atoms with Gasteiger partial charge >= 0.3 is 5.97 Å². The Morgan fingerprint density at radius 3 is 2.74 bits per heavy atom. The van der Waals surface area contributed by atoms with Crippen LogP contribution < -0.4 is 0 Å². The summed E-state index contributed by atoms with van der Waals surface area (Å²) < 4.78 is 5.11. The molecule has 3 rings (SSSR count). The predicted molar refractivity (Wildman–Crippen MR) is 75.0 cm³/mol. The first kappa shape index (κ1) is 12.7. The van der Waals surface area contributed by atoms with E-state index in [2.05, 4.69) is 38.1 Å². The second-order valence-corrected chi connectivity index (χ2v) is 6.59. The number of carbonyl (C=O) groups excluding carboxylic acids is 1. The van der Waals surface area contributed by atoms with Gasteiger partial charge in [0.2, 0.25) is 0 Å². The summed E-state index contributed by atoms with van der Waals surface area (Å²) in [7, 11) is 1.52. The number of rotatable bonds is 1. The highest BCUT2D eigenvalue weighted by Gasteiger charge is 2.57. The number of ether oxygens (including phenoxy) is 1. The molecule has 1 aromatic carbocycles. The summed E-state index contributed by atoms with van der Waals surface area (Å²) in [6.45, 7) is 4.44. The van der Waals surface area contributed by atoms with Crippen molar-refractivity contribution >= 4 is 5.97 Å². The molecule has 0 aliphatic heterocycles. The molecule has 0 heterocycles. The molecule has 2 aliphatic carbocycles. The first-order chi connectivity index (χ1) is 9.02. The Hall–Kier alpha value is -1.31.